The van der Waals surface area contributed by atoms with Gasteiger partial charge in [0.2, 0.25) is 0 Å². The van der Waals surface area contributed by atoms with E-state index < -0.39 is 11.8 Å². The van der Waals surface area contributed by atoms with Gasteiger partial charge in [0, 0.05) is 11.2 Å². The number of nitriles is 1. The SMILES string of the molecule is N#CC1C=C(c2ccc(Cl)cc2)C=NC1=O. The van der Waals surface area contributed by atoms with Crippen LogP contribution in [0.1, 0.15) is 5.56 Å². The summed E-state index contributed by atoms with van der Waals surface area (Å²) in [5.74, 6) is -1.20. The first-order chi connectivity index (χ1) is 7.70. The molecule has 0 fully saturated rings. The van der Waals surface area contributed by atoms with Crippen LogP contribution in [0.5, 0.6) is 0 Å². The van der Waals surface area contributed by atoms with Gasteiger partial charge < -0.3 is 0 Å². The quantitative estimate of drug-likeness (QED) is 0.744. The summed E-state index contributed by atoms with van der Waals surface area (Å²) in [5, 5.41) is 9.40. The van der Waals surface area contributed by atoms with Gasteiger partial charge in [0.05, 0.1) is 6.07 Å². The van der Waals surface area contributed by atoms with Crippen LogP contribution in [0.2, 0.25) is 5.02 Å². The Morgan fingerprint density at radius 1 is 1.31 bits per heavy atom. The van der Waals surface area contributed by atoms with E-state index in [2.05, 4.69) is 4.99 Å². The Labute approximate surface area is 97.7 Å². The van der Waals surface area contributed by atoms with E-state index >= 15 is 0 Å². The van der Waals surface area contributed by atoms with Crippen LogP contribution in [0.4, 0.5) is 0 Å². The van der Waals surface area contributed by atoms with Crippen molar-refractivity contribution in [1.82, 2.24) is 0 Å². The molecule has 0 bridgehead atoms. The maximum atomic E-state index is 11.2. The highest BCUT2D eigenvalue weighted by Gasteiger charge is 2.18. The summed E-state index contributed by atoms with van der Waals surface area (Å²) in [6.07, 6.45) is 3.08. The maximum Gasteiger partial charge on any atom is 0.266 e. The highest BCUT2D eigenvalue weighted by atomic mass is 35.5. The average Bonchev–Trinajstić information content (AvgIpc) is 2.31. The third-order valence-corrected chi connectivity index (χ3v) is 2.51. The van der Waals surface area contributed by atoms with E-state index in [0.29, 0.717) is 5.02 Å². The second-order valence-electron chi connectivity index (χ2n) is 3.33. The molecule has 0 saturated carbocycles. The molecule has 78 valence electrons. The summed E-state index contributed by atoms with van der Waals surface area (Å²) in [6, 6.07) is 9.05. The van der Waals surface area contributed by atoms with Gasteiger partial charge in [0.25, 0.3) is 5.91 Å². The van der Waals surface area contributed by atoms with E-state index in [4.69, 9.17) is 16.9 Å². The van der Waals surface area contributed by atoms with Crippen LogP contribution in [0.25, 0.3) is 5.57 Å². The van der Waals surface area contributed by atoms with Gasteiger partial charge in [-0.2, -0.15) is 5.26 Å². The number of dihydropyridines is 1. The lowest BCUT2D eigenvalue weighted by Crippen LogP contribution is -2.12. The molecule has 1 heterocycles. The topological polar surface area (TPSA) is 53.2 Å². The molecule has 1 aliphatic heterocycles. The van der Waals surface area contributed by atoms with Gasteiger partial charge in [-0.1, -0.05) is 23.7 Å². The minimum atomic E-state index is -0.782. The van der Waals surface area contributed by atoms with Crippen molar-refractivity contribution in [3.8, 4) is 6.07 Å². The van der Waals surface area contributed by atoms with Crippen molar-refractivity contribution in [3.63, 3.8) is 0 Å². The van der Waals surface area contributed by atoms with Crippen LogP contribution in [-0.4, -0.2) is 12.1 Å². The third-order valence-electron chi connectivity index (χ3n) is 2.26. The van der Waals surface area contributed by atoms with Gasteiger partial charge in [-0.15, -0.1) is 0 Å². The summed E-state index contributed by atoms with van der Waals surface area (Å²) in [4.78, 5) is 14.8. The van der Waals surface area contributed by atoms with Gasteiger partial charge in [0.15, 0.2) is 0 Å². The van der Waals surface area contributed by atoms with Crippen molar-refractivity contribution in [2.45, 2.75) is 0 Å². The predicted octanol–water partition coefficient (Wildman–Crippen LogP) is 2.47. The van der Waals surface area contributed by atoms with E-state index in [-0.39, 0.29) is 0 Å². The summed E-state index contributed by atoms with van der Waals surface area (Å²) in [6.45, 7) is 0. The molecule has 0 spiro atoms. The predicted molar refractivity (Wildman–Crippen MR) is 62.0 cm³/mol. The van der Waals surface area contributed by atoms with Crippen molar-refractivity contribution >= 4 is 29.3 Å². The smallest absolute Gasteiger partial charge is 0.266 e. The molecule has 2 rings (SSSR count). The fourth-order valence-corrected chi connectivity index (χ4v) is 1.54. The van der Waals surface area contributed by atoms with E-state index in [9.17, 15) is 4.79 Å². The number of amides is 1. The zero-order valence-corrected chi connectivity index (χ0v) is 8.98. The number of hydrogen-bond donors (Lipinski definition) is 0. The number of allylic oxidation sites excluding steroid dienone is 1. The van der Waals surface area contributed by atoms with E-state index in [1.807, 2.05) is 18.2 Å². The molecule has 0 saturated heterocycles. The Balaban J connectivity index is 2.36. The molecule has 1 atom stereocenters. The third kappa shape index (κ3) is 2.02. The first-order valence-electron chi connectivity index (χ1n) is 4.66. The van der Waals surface area contributed by atoms with Crippen LogP contribution in [0, 0.1) is 17.2 Å². The zero-order chi connectivity index (χ0) is 11.5. The van der Waals surface area contributed by atoms with Crippen molar-refractivity contribution in [1.29, 1.82) is 5.26 Å². The van der Waals surface area contributed by atoms with Gasteiger partial charge in [-0.3, -0.25) is 4.79 Å². The second-order valence-corrected chi connectivity index (χ2v) is 3.77. The molecule has 1 aromatic carbocycles. The molecule has 1 aliphatic rings. The summed E-state index contributed by atoms with van der Waals surface area (Å²) >= 11 is 5.77. The number of halogens is 1. The van der Waals surface area contributed by atoms with Gasteiger partial charge in [0.1, 0.15) is 5.92 Å². The van der Waals surface area contributed by atoms with Crippen LogP contribution < -0.4 is 0 Å². The first-order valence-corrected chi connectivity index (χ1v) is 5.04. The van der Waals surface area contributed by atoms with Crippen LogP contribution in [0.15, 0.2) is 35.3 Å². The molecule has 1 unspecified atom stereocenters. The lowest BCUT2D eigenvalue weighted by Gasteiger charge is -2.09. The molecule has 0 radical (unpaired) electrons. The van der Waals surface area contributed by atoms with Crippen molar-refractivity contribution in [3.05, 3.63) is 40.9 Å². The molecule has 1 aromatic rings. The summed E-state index contributed by atoms with van der Waals surface area (Å²) in [5.41, 5.74) is 1.66. The average molecular weight is 231 g/mol. The number of rotatable bonds is 1. The maximum absolute atomic E-state index is 11.2. The lowest BCUT2D eigenvalue weighted by molar-refractivity contribution is -0.118. The largest absolute Gasteiger partial charge is 0.271 e. The Morgan fingerprint density at radius 2 is 2.00 bits per heavy atom. The number of nitrogens with zero attached hydrogens (tertiary/aromatic N) is 2. The van der Waals surface area contributed by atoms with Crippen LogP contribution >= 0.6 is 11.6 Å². The normalized spacial score (nSPS) is 19.1. The Bertz CT molecular complexity index is 523. The number of aliphatic imine (C=N–C) groups is 1. The zero-order valence-electron chi connectivity index (χ0n) is 8.22. The van der Waals surface area contributed by atoms with Crippen molar-refractivity contribution in [2.24, 2.45) is 10.9 Å². The molecular formula is C12H7ClN2O. The molecule has 0 aromatic heterocycles. The van der Waals surface area contributed by atoms with Crippen molar-refractivity contribution in [2.75, 3.05) is 0 Å². The highest BCUT2D eigenvalue weighted by Crippen LogP contribution is 2.21. The Morgan fingerprint density at radius 3 is 2.62 bits per heavy atom. The fourth-order valence-electron chi connectivity index (χ4n) is 1.41. The number of carbonyl (C=O) groups excluding carboxylic acids is 1. The monoisotopic (exact) mass is 230 g/mol. The molecule has 3 nitrogen and oxygen atoms in total. The molecule has 4 heteroatoms. The lowest BCUT2D eigenvalue weighted by atomic mass is 9.99. The molecule has 0 N–H and O–H groups in total. The van der Waals surface area contributed by atoms with E-state index in [0.717, 1.165) is 11.1 Å². The minimum Gasteiger partial charge on any atom is -0.271 e. The minimum absolute atomic E-state index is 0.416. The van der Waals surface area contributed by atoms with Gasteiger partial charge >= 0.3 is 0 Å². The van der Waals surface area contributed by atoms with Crippen LogP contribution in [0.3, 0.4) is 0 Å². The standard InChI is InChI=1S/C12H7ClN2O/c13-11-3-1-8(2-4-11)10-5-9(6-14)12(16)15-7-10/h1-5,7,9H. The van der Waals surface area contributed by atoms with E-state index in [1.165, 1.54) is 6.21 Å². The second kappa shape index (κ2) is 4.30. The summed E-state index contributed by atoms with van der Waals surface area (Å²) < 4.78 is 0. The molecule has 16 heavy (non-hydrogen) atoms. The Kier molecular flexibility index (Phi) is 2.84. The molecule has 1 amide bonds. The summed E-state index contributed by atoms with van der Waals surface area (Å²) in [7, 11) is 0. The Hall–Kier alpha value is -1.92. The van der Waals surface area contributed by atoms with Gasteiger partial charge in [-0.05, 0) is 29.3 Å². The fraction of sp³-hybridized carbons (Fsp3) is 0.0833. The highest BCUT2D eigenvalue weighted by molar-refractivity contribution is 6.30. The first kappa shape index (κ1) is 10.6. The number of benzene rings is 1. The van der Waals surface area contributed by atoms with E-state index in [1.54, 1.807) is 18.2 Å². The number of hydrogen-bond acceptors (Lipinski definition) is 2. The van der Waals surface area contributed by atoms with Gasteiger partial charge in [-0.25, -0.2) is 4.99 Å². The molecule has 0 aliphatic carbocycles. The van der Waals surface area contributed by atoms with Crippen molar-refractivity contribution < 1.29 is 4.79 Å². The molecular weight excluding hydrogens is 224 g/mol. The van der Waals surface area contributed by atoms with Crippen LogP contribution in [-0.2, 0) is 4.79 Å². The number of carbonyl (C=O) groups is 1.